The van der Waals surface area contributed by atoms with Crippen LogP contribution in [-0.2, 0) is 0 Å². The lowest BCUT2D eigenvalue weighted by molar-refractivity contribution is 0.326. The fourth-order valence-electron chi connectivity index (χ4n) is 2.92. The monoisotopic (exact) mass is 248 g/mol. The summed E-state index contributed by atoms with van der Waals surface area (Å²) < 4.78 is 5.43. The Kier molecular flexibility index (Phi) is 3.32. The van der Waals surface area contributed by atoms with Gasteiger partial charge in [-0.25, -0.2) is 4.98 Å². The van der Waals surface area contributed by atoms with Crippen LogP contribution in [-0.4, -0.2) is 42.3 Å². The van der Waals surface area contributed by atoms with Crippen LogP contribution in [0, 0.1) is 5.92 Å². The van der Waals surface area contributed by atoms with Crippen molar-refractivity contribution >= 4 is 5.95 Å². The first-order valence-electron chi connectivity index (χ1n) is 6.81. The molecule has 5 nitrogen and oxygen atoms in total. The van der Waals surface area contributed by atoms with Crippen LogP contribution in [0.4, 0.5) is 5.95 Å². The number of ether oxygens (including phenoxy) is 1. The number of hydrogen-bond acceptors (Lipinski definition) is 5. The Morgan fingerprint density at radius 1 is 1.50 bits per heavy atom. The Labute approximate surface area is 108 Å². The number of nitrogens with one attached hydrogen (secondary N) is 1. The van der Waals surface area contributed by atoms with Crippen molar-refractivity contribution in [1.29, 1.82) is 0 Å². The molecule has 5 heteroatoms. The third-order valence-corrected chi connectivity index (χ3v) is 3.79. The maximum Gasteiger partial charge on any atom is 0.228 e. The minimum atomic E-state index is 0.609. The number of fused-ring (bicyclic) bond motifs is 1. The van der Waals surface area contributed by atoms with E-state index in [4.69, 9.17) is 4.74 Å². The van der Waals surface area contributed by atoms with Crippen LogP contribution in [0.1, 0.15) is 19.8 Å². The standard InChI is InChI=1S/C13H20N4O/c1-2-18-12-5-7-15-13(16-12)17-8-10-4-3-6-14-11(10)9-17/h5,7,10-11,14H,2-4,6,8-9H2,1H3/t10-,11+/m0/s1. The zero-order valence-corrected chi connectivity index (χ0v) is 10.8. The molecule has 18 heavy (non-hydrogen) atoms. The van der Waals surface area contributed by atoms with E-state index in [0.717, 1.165) is 31.5 Å². The molecule has 0 bridgehead atoms. The summed E-state index contributed by atoms with van der Waals surface area (Å²) in [6, 6.07) is 2.42. The topological polar surface area (TPSA) is 50.3 Å². The molecule has 0 amide bonds. The lowest BCUT2D eigenvalue weighted by Crippen LogP contribution is -2.40. The Morgan fingerprint density at radius 3 is 3.28 bits per heavy atom. The van der Waals surface area contributed by atoms with Crippen molar-refractivity contribution in [2.75, 3.05) is 31.1 Å². The third kappa shape index (κ3) is 2.27. The van der Waals surface area contributed by atoms with E-state index in [1.807, 2.05) is 13.0 Å². The van der Waals surface area contributed by atoms with Crippen LogP contribution in [0.5, 0.6) is 5.88 Å². The molecule has 0 aromatic carbocycles. The fourth-order valence-corrected chi connectivity index (χ4v) is 2.92. The van der Waals surface area contributed by atoms with Crippen molar-refractivity contribution in [1.82, 2.24) is 15.3 Å². The van der Waals surface area contributed by atoms with E-state index in [0.29, 0.717) is 18.5 Å². The highest BCUT2D eigenvalue weighted by atomic mass is 16.5. The van der Waals surface area contributed by atoms with E-state index in [1.54, 1.807) is 6.20 Å². The van der Waals surface area contributed by atoms with Gasteiger partial charge in [0.1, 0.15) is 0 Å². The molecule has 3 rings (SSSR count). The van der Waals surface area contributed by atoms with Gasteiger partial charge in [-0.15, -0.1) is 0 Å². The van der Waals surface area contributed by atoms with Gasteiger partial charge in [0.15, 0.2) is 0 Å². The van der Waals surface area contributed by atoms with Crippen LogP contribution in [0.15, 0.2) is 12.3 Å². The zero-order chi connectivity index (χ0) is 12.4. The minimum Gasteiger partial charge on any atom is -0.478 e. The maximum atomic E-state index is 5.43. The predicted molar refractivity (Wildman–Crippen MR) is 69.9 cm³/mol. The van der Waals surface area contributed by atoms with Crippen molar-refractivity contribution in [2.24, 2.45) is 5.92 Å². The molecular weight excluding hydrogens is 228 g/mol. The van der Waals surface area contributed by atoms with E-state index in [2.05, 4.69) is 20.2 Å². The Hall–Kier alpha value is -1.36. The molecule has 2 fully saturated rings. The summed E-state index contributed by atoms with van der Waals surface area (Å²) in [5.74, 6) is 2.22. The summed E-state index contributed by atoms with van der Waals surface area (Å²) in [6.45, 7) is 5.84. The Bertz CT molecular complexity index is 398. The normalized spacial score (nSPS) is 27.1. The van der Waals surface area contributed by atoms with Crippen molar-refractivity contribution < 1.29 is 4.74 Å². The fraction of sp³-hybridized carbons (Fsp3) is 0.692. The molecule has 0 spiro atoms. The summed E-state index contributed by atoms with van der Waals surface area (Å²) in [5.41, 5.74) is 0. The largest absolute Gasteiger partial charge is 0.478 e. The highest BCUT2D eigenvalue weighted by Crippen LogP contribution is 2.27. The minimum absolute atomic E-state index is 0.609. The average molecular weight is 248 g/mol. The molecule has 0 unspecified atom stereocenters. The molecule has 1 N–H and O–H groups in total. The summed E-state index contributed by atoms with van der Waals surface area (Å²) in [4.78, 5) is 11.1. The summed E-state index contributed by atoms with van der Waals surface area (Å²) in [7, 11) is 0. The van der Waals surface area contributed by atoms with Gasteiger partial charge in [-0.1, -0.05) is 0 Å². The first kappa shape index (κ1) is 11.7. The van der Waals surface area contributed by atoms with E-state index >= 15 is 0 Å². The summed E-state index contributed by atoms with van der Waals surface area (Å²) >= 11 is 0. The molecule has 2 aliphatic rings. The number of hydrogen-bond donors (Lipinski definition) is 1. The van der Waals surface area contributed by atoms with Crippen LogP contribution < -0.4 is 15.0 Å². The smallest absolute Gasteiger partial charge is 0.228 e. The van der Waals surface area contributed by atoms with Gasteiger partial charge < -0.3 is 15.0 Å². The number of aromatic nitrogens is 2. The van der Waals surface area contributed by atoms with Crippen LogP contribution >= 0.6 is 0 Å². The quantitative estimate of drug-likeness (QED) is 0.867. The molecule has 0 aliphatic carbocycles. The maximum absolute atomic E-state index is 5.43. The van der Waals surface area contributed by atoms with E-state index < -0.39 is 0 Å². The van der Waals surface area contributed by atoms with Gasteiger partial charge in [0.2, 0.25) is 11.8 Å². The van der Waals surface area contributed by atoms with E-state index in [1.165, 1.54) is 12.8 Å². The lowest BCUT2D eigenvalue weighted by atomic mass is 9.94. The second kappa shape index (κ2) is 5.10. The highest BCUT2D eigenvalue weighted by Gasteiger charge is 2.35. The van der Waals surface area contributed by atoms with Crippen molar-refractivity contribution in [2.45, 2.75) is 25.8 Å². The average Bonchev–Trinajstić information content (AvgIpc) is 2.83. The van der Waals surface area contributed by atoms with Gasteiger partial charge in [-0.05, 0) is 32.2 Å². The second-order valence-electron chi connectivity index (χ2n) is 5.00. The molecule has 2 aliphatic heterocycles. The molecule has 1 aromatic rings. The zero-order valence-electron chi connectivity index (χ0n) is 10.8. The number of piperidine rings is 1. The predicted octanol–water partition coefficient (Wildman–Crippen LogP) is 1.06. The molecule has 0 radical (unpaired) electrons. The summed E-state index contributed by atoms with van der Waals surface area (Å²) in [6.07, 6.45) is 4.39. The Morgan fingerprint density at radius 2 is 2.44 bits per heavy atom. The van der Waals surface area contributed by atoms with Crippen LogP contribution in [0.3, 0.4) is 0 Å². The van der Waals surface area contributed by atoms with Gasteiger partial charge in [0.25, 0.3) is 0 Å². The summed E-state index contributed by atoms with van der Waals surface area (Å²) in [5, 5.41) is 3.59. The first-order valence-corrected chi connectivity index (χ1v) is 6.81. The van der Waals surface area contributed by atoms with E-state index in [-0.39, 0.29) is 0 Å². The SMILES string of the molecule is CCOc1ccnc(N2C[C@@H]3CCCN[C@@H]3C2)n1. The van der Waals surface area contributed by atoms with Crippen LogP contribution in [0.2, 0.25) is 0 Å². The van der Waals surface area contributed by atoms with Crippen molar-refractivity contribution in [3.05, 3.63) is 12.3 Å². The number of anilines is 1. The van der Waals surface area contributed by atoms with Gasteiger partial charge in [-0.3, -0.25) is 0 Å². The van der Waals surface area contributed by atoms with Crippen LogP contribution in [0.25, 0.3) is 0 Å². The van der Waals surface area contributed by atoms with Gasteiger partial charge >= 0.3 is 0 Å². The molecule has 1 aromatic heterocycles. The third-order valence-electron chi connectivity index (χ3n) is 3.79. The molecule has 3 heterocycles. The molecule has 0 saturated carbocycles. The second-order valence-corrected chi connectivity index (χ2v) is 5.00. The lowest BCUT2D eigenvalue weighted by Gasteiger charge is -2.24. The first-order chi connectivity index (χ1) is 8.86. The molecule has 98 valence electrons. The van der Waals surface area contributed by atoms with Gasteiger partial charge in [0, 0.05) is 31.4 Å². The highest BCUT2D eigenvalue weighted by molar-refractivity contribution is 5.35. The van der Waals surface area contributed by atoms with E-state index in [9.17, 15) is 0 Å². The molecular formula is C13H20N4O. The van der Waals surface area contributed by atoms with Crippen molar-refractivity contribution in [3.8, 4) is 5.88 Å². The number of nitrogens with zero attached hydrogens (tertiary/aromatic N) is 3. The Balaban J connectivity index is 1.73. The van der Waals surface area contributed by atoms with Crippen molar-refractivity contribution in [3.63, 3.8) is 0 Å². The number of rotatable bonds is 3. The molecule has 2 atom stereocenters. The molecule has 2 saturated heterocycles. The van der Waals surface area contributed by atoms with Gasteiger partial charge in [0.05, 0.1) is 6.61 Å². The van der Waals surface area contributed by atoms with Gasteiger partial charge in [-0.2, -0.15) is 4.98 Å².